The Morgan fingerprint density at radius 2 is 0.755 bits per heavy atom. The molecule has 0 N–H and O–H groups in total. The van der Waals surface area contributed by atoms with Crippen molar-refractivity contribution < 1.29 is 4.42 Å². The van der Waals surface area contributed by atoms with Crippen molar-refractivity contribution >= 4 is 54.3 Å². The van der Waals surface area contributed by atoms with Gasteiger partial charge < -0.3 is 4.42 Å². The quantitative estimate of drug-likeness (QED) is 0.183. The molecule has 2 aromatic heterocycles. The topological polar surface area (TPSA) is 51.8 Å². The van der Waals surface area contributed by atoms with E-state index in [0.717, 1.165) is 55.1 Å². The Bertz CT molecular complexity index is 2800. The van der Waals surface area contributed by atoms with Crippen LogP contribution in [0.15, 0.2) is 168 Å². The van der Waals surface area contributed by atoms with Crippen LogP contribution in [0.1, 0.15) is 0 Å². The monoisotopic (exact) mass is 625 g/mol. The normalized spacial score (nSPS) is 11.7. The molecule has 49 heavy (non-hydrogen) atoms. The zero-order chi connectivity index (χ0) is 32.3. The van der Waals surface area contributed by atoms with Crippen LogP contribution < -0.4 is 0 Å². The summed E-state index contributed by atoms with van der Waals surface area (Å²) in [5.41, 5.74) is 6.84. The van der Waals surface area contributed by atoms with Crippen molar-refractivity contribution in [2.75, 3.05) is 0 Å². The minimum absolute atomic E-state index is 0.633. The maximum Gasteiger partial charge on any atom is 0.164 e. The number of hydrogen-bond acceptors (Lipinski definition) is 4. The number of fused-ring (bicyclic) bond motifs is 10. The Hall–Kier alpha value is -6.65. The van der Waals surface area contributed by atoms with Crippen LogP contribution in [0, 0.1) is 0 Å². The van der Waals surface area contributed by atoms with E-state index in [0.29, 0.717) is 17.5 Å². The average molecular weight is 626 g/mol. The zero-order valence-electron chi connectivity index (χ0n) is 26.3. The number of benzene rings is 8. The fourth-order valence-electron chi connectivity index (χ4n) is 7.23. The largest absolute Gasteiger partial charge is 0.455 e. The summed E-state index contributed by atoms with van der Waals surface area (Å²) in [6.07, 6.45) is 0. The molecule has 228 valence electrons. The second-order valence-electron chi connectivity index (χ2n) is 12.4. The fourth-order valence-corrected chi connectivity index (χ4v) is 7.23. The predicted octanol–water partition coefficient (Wildman–Crippen LogP) is 11.9. The molecule has 0 aliphatic heterocycles. The van der Waals surface area contributed by atoms with Crippen LogP contribution in [0.3, 0.4) is 0 Å². The van der Waals surface area contributed by atoms with Crippen molar-refractivity contribution in [3.05, 3.63) is 164 Å². The lowest BCUT2D eigenvalue weighted by Crippen LogP contribution is -2.00. The summed E-state index contributed by atoms with van der Waals surface area (Å²) in [5.74, 6) is 1.93. The number of furan rings is 1. The molecule has 10 aromatic rings. The molecule has 0 amide bonds. The Balaban J connectivity index is 1.21. The van der Waals surface area contributed by atoms with Gasteiger partial charge >= 0.3 is 0 Å². The van der Waals surface area contributed by atoms with Crippen LogP contribution in [-0.4, -0.2) is 15.0 Å². The summed E-state index contributed by atoms with van der Waals surface area (Å²) >= 11 is 0. The summed E-state index contributed by atoms with van der Waals surface area (Å²) in [7, 11) is 0. The highest BCUT2D eigenvalue weighted by Crippen LogP contribution is 2.46. The second-order valence-corrected chi connectivity index (χ2v) is 12.4. The Kier molecular flexibility index (Phi) is 6.15. The molecule has 0 saturated heterocycles. The van der Waals surface area contributed by atoms with Gasteiger partial charge in [-0.3, -0.25) is 0 Å². The maximum absolute atomic E-state index is 6.76. The molecule has 0 atom stereocenters. The van der Waals surface area contributed by atoms with Gasteiger partial charge in [0.2, 0.25) is 0 Å². The van der Waals surface area contributed by atoms with Crippen LogP contribution in [0.5, 0.6) is 0 Å². The van der Waals surface area contributed by atoms with Crippen LogP contribution in [-0.2, 0) is 0 Å². The van der Waals surface area contributed by atoms with Crippen molar-refractivity contribution in [3.63, 3.8) is 0 Å². The standard InChI is InChI=1S/C45H27N3O/c1-3-13-29(14-4-1)43-46-44(30-15-5-2-6-16-30)48-45(47-43)31-25-23-28(24-26-31)37-27-38-34-19-8-7-17-32(34)33-18-9-10-20-35(33)40(38)42-41(37)36-21-11-12-22-39(36)49-42/h1-27H. The van der Waals surface area contributed by atoms with Gasteiger partial charge in [0.1, 0.15) is 11.2 Å². The molecular formula is C45H27N3O. The summed E-state index contributed by atoms with van der Waals surface area (Å²) in [4.78, 5) is 14.8. The van der Waals surface area contributed by atoms with E-state index in [9.17, 15) is 0 Å². The van der Waals surface area contributed by atoms with Crippen molar-refractivity contribution in [2.45, 2.75) is 0 Å². The Morgan fingerprint density at radius 1 is 0.327 bits per heavy atom. The fraction of sp³-hybridized carbons (Fsp3) is 0. The average Bonchev–Trinajstić information content (AvgIpc) is 3.58. The molecule has 0 aliphatic carbocycles. The van der Waals surface area contributed by atoms with E-state index in [1.54, 1.807) is 0 Å². The van der Waals surface area contributed by atoms with Crippen LogP contribution in [0.25, 0.3) is 99.5 Å². The first-order valence-electron chi connectivity index (χ1n) is 16.5. The van der Waals surface area contributed by atoms with Crippen molar-refractivity contribution in [3.8, 4) is 45.3 Å². The number of hydrogen-bond donors (Lipinski definition) is 0. The third kappa shape index (κ3) is 4.42. The van der Waals surface area contributed by atoms with Gasteiger partial charge in [-0.1, -0.05) is 152 Å². The molecule has 8 aromatic carbocycles. The molecule has 10 rings (SSSR count). The number of nitrogens with zero attached hydrogens (tertiary/aromatic N) is 3. The highest BCUT2D eigenvalue weighted by molar-refractivity contribution is 6.34. The third-order valence-corrected chi connectivity index (χ3v) is 9.51. The summed E-state index contributed by atoms with van der Waals surface area (Å²) in [5, 5.41) is 9.42. The molecule has 2 heterocycles. The number of para-hydroxylation sites is 1. The molecule has 0 unspecified atom stereocenters. The first-order chi connectivity index (χ1) is 24.3. The lowest BCUT2D eigenvalue weighted by molar-refractivity contribution is 0.673. The van der Waals surface area contributed by atoms with Crippen LogP contribution in [0.2, 0.25) is 0 Å². The van der Waals surface area contributed by atoms with Gasteiger partial charge in [0.25, 0.3) is 0 Å². The Morgan fingerprint density at radius 3 is 1.35 bits per heavy atom. The number of aromatic nitrogens is 3. The van der Waals surface area contributed by atoms with Gasteiger partial charge in [0.15, 0.2) is 17.5 Å². The van der Waals surface area contributed by atoms with Gasteiger partial charge in [0.05, 0.1) is 0 Å². The molecule has 4 heteroatoms. The van der Waals surface area contributed by atoms with Crippen molar-refractivity contribution in [1.29, 1.82) is 0 Å². The first-order valence-corrected chi connectivity index (χ1v) is 16.5. The van der Waals surface area contributed by atoms with Crippen LogP contribution >= 0.6 is 0 Å². The SMILES string of the molecule is c1ccc(-c2nc(-c3ccccc3)nc(-c3ccc(-c4cc5c6ccccc6c6ccccc6c5c5oc6ccccc6c45)cc3)n2)cc1. The summed E-state index contributed by atoms with van der Waals surface area (Å²) in [6, 6.07) is 56.8. The molecule has 0 bridgehead atoms. The van der Waals surface area contributed by atoms with Gasteiger partial charge in [-0.15, -0.1) is 0 Å². The number of rotatable bonds is 4. The smallest absolute Gasteiger partial charge is 0.164 e. The summed E-state index contributed by atoms with van der Waals surface area (Å²) < 4.78 is 6.76. The lowest BCUT2D eigenvalue weighted by atomic mass is 9.89. The van der Waals surface area contributed by atoms with E-state index >= 15 is 0 Å². The van der Waals surface area contributed by atoms with Crippen LogP contribution in [0.4, 0.5) is 0 Å². The van der Waals surface area contributed by atoms with Gasteiger partial charge in [-0.25, -0.2) is 15.0 Å². The molecule has 0 aliphatic rings. The predicted molar refractivity (Wildman–Crippen MR) is 201 cm³/mol. The molecule has 0 spiro atoms. The van der Waals surface area contributed by atoms with E-state index in [4.69, 9.17) is 19.4 Å². The minimum atomic E-state index is 0.633. The van der Waals surface area contributed by atoms with E-state index in [1.807, 2.05) is 66.7 Å². The van der Waals surface area contributed by atoms with E-state index in [2.05, 4.69) is 97.1 Å². The highest BCUT2D eigenvalue weighted by atomic mass is 16.3. The zero-order valence-corrected chi connectivity index (χ0v) is 26.3. The van der Waals surface area contributed by atoms with Gasteiger partial charge in [0, 0.05) is 32.8 Å². The first kappa shape index (κ1) is 27.5. The molecule has 0 saturated carbocycles. The second kappa shape index (κ2) is 11.0. The molecule has 4 nitrogen and oxygen atoms in total. The van der Waals surface area contributed by atoms with E-state index < -0.39 is 0 Å². The summed E-state index contributed by atoms with van der Waals surface area (Å²) in [6.45, 7) is 0. The van der Waals surface area contributed by atoms with Crippen molar-refractivity contribution in [2.24, 2.45) is 0 Å². The Labute approximate surface area is 282 Å². The molecule has 0 radical (unpaired) electrons. The van der Waals surface area contributed by atoms with Gasteiger partial charge in [-0.2, -0.15) is 0 Å². The lowest BCUT2D eigenvalue weighted by Gasteiger charge is -2.14. The minimum Gasteiger partial charge on any atom is -0.455 e. The highest BCUT2D eigenvalue weighted by Gasteiger charge is 2.20. The maximum atomic E-state index is 6.76. The van der Waals surface area contributed by atoms with Gasteiger partial charge in [-0.05, 0) is 50.2 Å². The van der Waals surface area contributed by atoms with Crippen molar-refractivity contribution in [1.82, 2.24) is 15.0 Å². The molecular weight excluding hydrogens is 599 g/mol. The van der Waals surface area contributed by atoms with E-state index in [-0.39, 0.29) is 0 Å². The third-order valence-electron chi connectivity index (χ3n) is 9.51. The molecule has 0 fully saturated rings. The van der Waals surface area contributed by atoms with E-state index in [1.165, 1.54) is 26.9 Å².